The van der Waals surface area contributed by atoms with Gasteiger partial charge in [-0.2, -0.15) is 5.23 Å². The number of phenolic OH excluding ortho intramolecular Hbond substituents is 2. The summed E-state index contributed by atoms with van der Waals surface area (Å²) < 4.78 is 0. The molecule has 63 heavy (non-hydrogen) atoms. The van der Waals surface area contributed by atoms with Crippen LogP contribution in [0.5, 0.6) is 11.5 Å². The minimum absolute atomic E-state index is 0.0130. The zero-order chi connectivity index (χ0) is 47.1. The van der Waals surface area contributed by atoms with Crippen molar-refractivity contribution in [2.75, 3.05) is 27.2 Å². The van der Waals surface area contributed by atoms with Gasteiger partial charge in [0.2, 0.25) is 41.1 Å². The van der Waals surface area contributed by atoms with Crippen LogP contribution in [0.15, 0.2) is 30.3 Å². The fourth-order valence-corrected chi connectivity index (χ4v) is 7.13. The highest BCUT2D eigenvalue weighted by molar-refractivity contribution is 5.96. The van der Waals surface area contributed by atoms with Gasteiger partial charge in [0.05, 0.1) is 13.2 Å². The van der Waals surface area contributed by atoms with E-state index in [2.05, 4.69) is 35.1 Å². The number of rotatable bonds is 20. The number of quaternary nitrogens is 1. The molecule has 3 rings (SSSR count). The molecule has 0 spiro atoms. The Labute approximate surface area is 366 Å². The fraction of sp³-hybridized carbons (Fsp3) is 0.558. The molecule has 7 atom stereocenters. The van der Waals surface area contributed by atoms with E-state index >= 15 is 0 Å². The number of hydrogen-bond acceptors (Lipinski definition) is 12. The summed E-state index contributed by atoms with van der Waals surface area (Å²) in [5, 5.41) is 71.8. The summed E-state index contributed by atoms with van der Waals surface area (Å²) in [5.74, 6) is -6.76. The standard InChI is InChI=1S/C43H63N7O13/c1-7-24(2)14-12-10-8-9-11-13-15-35(53)48(5)33(23-51)41(58)45-25(3)39(56)44-22-36(54)49(6)37-28-16-17-34(52)29(21-28)30-18-27(20-32(38(30)55)50(62)63)19-31(43(60)61)47-40(57)26(4)46-42(37)59/h16-18,20-21,24-26,31,33,37,50-52,55,62H,7-15,19,22-23H2,1-6H3,(H,44,56)(H,45,58)(H,46,59)(H,47,57)(H,60,61)/t24-,25+,26-,31+,33+,37+/m0/s1. The Balaban J connectivity index is 1.75. The number of phenols is 2. The van der Waals surface area contributed by atoms with Crippen LogP contribution in [0.25, 0.3) is 11.1 Å². The number of carboxylic acid groups (broad SMARTS) is 1. The van der Waals surface area contributed by atoms with Crippen molar-refractivity contribution in [1.82, 2.24) is 31.1 Å². The molecular formula is C43H63N7O13. The van der Waals surface area contributed by atoms with E-state index in [0.29, 0.717) is 6.42 Å². The maximum atomic E-state index is 13.9. The molecule has 1 heterocycles. The molecule has 0 aliphatic carbocycles. The van der Waals surface area contributed by atoms with Crippen LogP contribution in [0.1, 0.15) is 103 Å². The van der Waals surface area contributed by atoms with Crippen molar-refractivity contribution in [3.05, 3.63) is 46.7 Å². The van der Waals surface area contributed by atoms with Crippen LogP contribution in [0, 0.1) is 11.1 Å². The lowest BCUT2D eigenvalue weighted by Crippen LogP contribution is -2.99. The number of carboxylic acids is 1. The fourth-order valence-electron chi connectivity index (χ4n) is 7.13. The summed E-state index contributed by atoms with van der Waals surface area (Å²) in [6, 6.07) is -1.24. The second kappa shape index (κ2) is 24.1. The van der Waals surface area contributed by atoms with Crippen molar-refractivity contribution >= 4 is 47.1 Å². The maximum Gasteiger partial charge on any atom is 0.326 e. The molecule has 20 heteroatoms. The van der Waals surface area contributed by atoms with Crippen molar-refractivity contribution in [1.29, 1.82) is 0 Å². The molecular weight excluding hydrogens is 823 g/mol. The Morgan fingerprint density at radius 2 is 1.56 bits per heavy atom. The van der Waals surface area contributed by atoms with Crippen molar-refractivity contribution in [3.8, 4) is 22.6 Å². The summed E-state index contributed by atoms with van der Waals surface area (Å²) in [6.07, 6.45) is 7.98. The third kappa shape index (κ3) is 14.4. The third-order valence-corrected chi connectivity index (χ3v) is 11.4. The Kier molecular flexibility index (Phi) is 19.7. The van der Waals surface area contributed by atoms with Crippen LogP contribution in [-0.4, -0.2) is 128 Å². The number of aromatic hydroxyl groups is 2. The molecule has 6 amide bonds. The number of amides is 6. The second-order valence-corrected chi connectivity index (χ2v) is 16.2. The highest BCUT2D eigenvalue weighted by Gasteiger charge is 2.34. The molecule has 1 aliphatic rings. The average molecular weight is 886 g/mol. The molecule has 348 valence electrons. The Morgan fingerprint density at radius 1 is 0.905 bits per heavy atom. The number of benzene rings is 2. The lowest BCUT2D eigenvalue weighted by atomic mass is 9.93. The highest BCUT2D eigenvalue weighted by Crippen LogP contribution is 2.41. The van der Waals surface area contributed by atoms with E-state index in [1.165, 1.54) is 65.4 Å². The largest absolute Gasteiger partial charge is 0.595 e. The monoisotopic (exact) mass is 885 g/mol. The van der Waals surface area contributed by atoms with Crippen LogP contribution < -0.4 is 26.5 Å². The molecule has 1 aliphatic heterocycles. The Hall–Kier alpha value is -5.83. The first-order valence-electron chi connectivity index (χ1n) is 21.2. The first-order chi connectivity index (χ1) is 29.7. The molecule has 2 aromatic carbocycles. The Bertz CT molecular complexity index is 1960. The molecule has 0 radical (unpaired) electrons. The minimum Gasteiger partial charge on any atom is -0.595 e. The summed E-state index contributed by atoms with van der Waals surface area (Å²) in [7, 11) is 2.60. The van der Waals surface area contributed by atoms with Crippen molar-refractivity contribution in [3.63, 3.8) is 0 Å². The van der Waals surface area contributed by atoms with Crippen LogP contribution in [-0.2, 0) is 40.0 Å². The van der Waals surface area contributed by atoms with E-state index in [1.807, 2.05) is 0 Å². The topological polar surface area (TPSA) is 303 Å². The highest BCUT2D eigenvalue weighted by atomic mass is 16.8. The lowest BCUT2D eigenvalue weighted by Gasteiger charge is -2.30. The molecule has 4 bridgehead atoms. The average Bonchev–Trinajstić information content (AvgIpc) is 3.23. The van der Waals surface area contributed by atoms with E-state index in [0.717, 1.165) is 53.5 Å². The van der Waals surface area contributed by atoms with Crippen LogP contribution >= 0.6 is 0 Å². The molecule has 2 aromatic rings. The van der Waals surface area contributed by atoms with Gasteiger partial charge >= 0.3 is 5.97 Å². The van der Waals surface area contributed by atoms with Gasteiger partial charge in [-0.3, -0.25) is 28.8 Å². The van der Waals surface area contributed by atoms with Gasteiger partial charge in [0.1, 0.15) is 36.0 Å². The van der Waals surface area contributed by atoms with E-state index in [-0.39, 0.29) is 34.6 Å². The number of nitrogens with one attached hydrogen (secondary N) is 5. The third-order valence-electron chi connectivity index (χ3n) is 11.4. The first kappa shape index (κ1) is 51.5. The van der Waals surface area contributed by atoms with Crippen molar-refractivity contribution in [2.24, 2.45) is 5.92 Å². The molecule has 1 unspecified atom stereocenters. The van der Waals surface area contributed by atoms with Gasteiger partial charge in [-0.05, 0) is 55.5 Å². The van der Waals surface area contributed by atoms with E-state index in [1.54, 1.807) is 0 Å². The minimum atomic E-state index is -1.62. The summed E-state index contributed by atoms with van der Waals surface area (Å²) in [5.41, 5.74) is -1.01. The summed E-state index contributed by atoms with van der Waals surface area (Å²) >= 11 is 0. The molecule has 20 nitrogen and oxygen atoms in total. The number of hydrogen-bond donors (Lipinski definition) is 10. The van der Waals surface area contributed by atoms with Gasteiger partial charge < -0.3 is 56.7 Å². The number of unbranched alkanes of at least 4 members (excludes halogenated alkanes) is 5. The lowest BCUT2D eigenvalue weighted by molar-refractivity contribution is -0.991. The number of carbonyl (C=O) groups is 7. The predicted octanol–water partition coefficient (Wildman–Crippen LogP) is 0.905. The van der Waals surface area contributed by atoms with Crippen LogP contribution in [0.3, 0.4) is 0 Å². The van der Waals surface area contributed by atoms with Gasteiger partial charge in [0.25, 0.3) is 0 Å². The first-order valence-corrected chi connectivity index (χ1v) is 21.2. The maximum absolute atomic E-state index is 13.9. The normalized spacial score (nSPS) is 18.3. The zero-order valence-electron chi connectivity index (χ0n) is 36.7. The number of carbonyl (C=O) groups excluding carboxylic acids is 6. The van der Waals surface area contributed by atoms with Gasteiger partial charge in [0.15, 0.2) is 5.75 Å². The quantitative estimate of drug-likeness (QED) is 0.0503. The van der Waals surface area contributed by atoms with Crippen molar-refractivity contribution in [2.45, 2.75) is 122 Å². The number of nitrogens with zero attached hydrogens (tertiary/aromatic N) is 2. The molecule has 10 N–H and O–H groups in total. The number of aliphatic hydroxyl groups excluding tert-OH is 1. The summed E-state index contributed by atoms with van der Waals surface area (Å²) in [6.45, 7) is 5.59. The molecule has 0 saturated carbocycles. The van der Waals surface area contributed by atoms with E-state index in [4.69, 9.17) is 0 Å². The SMILES string of the molecule is CC[C@H](C)CCCCCCCCC(=O)N(C)[C@H](CO)C(=O)N[C@H](C)C(=O)NCC(=O)N(C)[C@H]1C(=O)N[C@@H](C)C(=O)N[C@@H](C(=O)O)Cc2cc(c(O)c([NH+]([O-])O)c2)-c2cc1ccc2O. The van der Waals surface area contributed by atoms with Gasteiger partial charge in [-0.1, -0.05) is 64.9 Å². The molecule has 0 saturated heterocycles. The number of aliphatic carboxylic acids is 1. The second-order valence-electron chi connectivity index (χ2n) is 16.2. The van der Waals surface area contributed by atoms with E-state index < -0.39 is 108 Å². The van der Waals surface area contributed by atoms with Crippen molar-refractivity contribution < 1.29 is 64.4 Å². The smallest absolute Gasteiger partial charge is 0.326 e. The predicted molar refractivity (Wildman–Crippen MR) is 228 cm³/mol. The van der Waals surface area contributed by atoms with Gasteiger partial charge in [-0.25, -0.2) is 10.0 Å². The molecule has 0 fully saturated rings. The Morgan fingerprint density at radius 3 is 2.17 bits per heavy atom. The number of aliphatic hydroxyl groups is 1. The number of likely N-dealkylation sites (N-methyl/N-ethyl adjacent to an activating group) is 2. The summed E-state index contributed by atoms with van der Waals surface area (Å²) in [4.78, 5) is 94.0. The van der Waals surface area contributed by atoms with Gasteiger partial charge in [-0.15, -0.1) is 0 Å². The number of fused-ring (bicyclic) bond motifs is 5. The molecule has 0 aromatic heterocycles. The van der Waals surface area contributed by atoms with Crippen LogP contribution in [0.2, 0.25) is 0 Å². The zero-order valence-corrected chi connectivity index (χ0v) is 36.7. The van der Waals surface area contributed by atoms with Crippen LogP contribution in [0.4, 0.5) is 5.69 Å². The van der Waals surface area contributed by atoms with E-state index in [9.17, 15) is 64.4 Å². The van der Waals surface area contributed by atoms with Gasteiger partial charge in [0, 0.05) is 44.1 Å².